The van der Waals surface area contributed by atoms with Crippen LogP contribution in [0.3, 0.4) is 0 Å². The lowest BCUT2D eigenvalue weighted by atomic mass is 10.1. The quantitative estimate of drug-likeness (QED) is 0.517. The van der Waals surface area contributed by atoms with Crippen LogP contribution in [0.5, 0.6) is 0 Å². The largest absolute Gasteiger partial charge is 0.289 e. The number of aryl methyl sites for hydroxylation is 2. The van der Waals surface area contributed by atoms with Gasteiger partial charge in [0, 0.05) is 29.5 Å². The average Bonchev–Trinajstić information content (AvgIpc) is 3.12. The van der Waals surface area contributed by atoms with Crippen molar-refractivity contribution in [2.75, 3.05) is 0 Å². The lowest BCUT2D eigenvalue weighted by molar-refractivity contribution is 0.104. The monoisotopic (exact) mass is 354 g/mol. The number of benzene rings is 1. The first-order valence-electron chi connectivity index (χ1n) is 7.94. The molecule has 0 saturated heterocycles. The van der Waals surface area contributed by atoms with Gasteiger partial charge in [-0.3, -0.25) is 14.2 Å². The van der Waals surface area contributed by atoms with Crippen molar-refractivity contribution in [1.29, 1.82) is 0 Å². The van der Waals surface area contributed by atoms with Gasteiger partial charge >= 0.3 is 0 Å². The highest BCUT2D eigenvalue weighted by Gasteiger charge is 2.12. The number of carbonyl (C=O) groups is 1. The molecule has 25 heavy (non-hydrogen) atoms. The van der Waals surface area contributed by atoms with E-state index in [2.05, 4.69) is 10.2 Å². The highest BCUT2D eigenvalue weighted by atomic mass is 35.5. The number of ketones is 1. The van der Waals surface area contributed by atoms with Crippen molar-refractivity contribution in [3.8, 4) is 0 Å². The van der Waals surface area contributed by atoms with Crippen LogP contribution < -0.4 is 0 Å². The van der Waals surface area contributed by atoms with Gasteiger partial charge in [0.05, 0.1) is 24.0 Å². The van der Waals surface area contributed by atoms with Crippen LogP contribution in [0, 0.1) is 13.8 Å². The molecule has 128 valence electrons. The van der Waals surface area contributed by atoms with Gasteiger partial charge in [0.25, 0.3) is 0 Å². The van der Waals surface area contributed by atoms with E-state index in [9.17, 15) is 4.79 Å². The summed E-state index contributed by atoms with van der Waals surface area (Å²) >= 11 is 6.24. The van der Waals surface area contributed by atoms with Crippen LogP contribution in [0.1, 0.15) is 32.9 Å². The second kappa shape index (κ2) is 7.07. The highest BCUT2D eigenvalue weighted by Crippen LogP contribution is 2.20. The molecule has 0 aliphatic carbocycles. The Morgan fingerprint density at radius 2 is 2.04 bits per heavy atom. The summed E-state index contributed by atoms with van der Waals surface area (Å²) in [5, 5.41) is 9.32. The molecule has 2 aromatic heterocycles. The van der Waals surface area contributed by atoms with Gasteiger partial charge in [-0.1, -0.05) is 29.8 Å². The molecule has 0 aliphatic heterocycles. The standard InChI is InChI=1S/C19H19ClN4O/c1-13-17(8-9-19(25)16-10-21-23(3)11-16)14(2)24(22-13)12-15-6-4-5-7-18(15)20/h4-11H,12H2,1-3H3. The Hall–Kier alpha value is -2.66. The fourth-order valence-electron chi connectivity index (χ4n) is 2.70. The molecule has 0 fully saturated rings. The molecule has 0 radical (unpaired) electrons. The number of allylic oxidation sites excluding steroid dienone is 1. The molecule has 0 atom stereocenters. The van der Waals surface area contributed by atoms with Gasteiger partial charge in [0.2, 0.25) is 0 Å². The molecule has 1 aromatic carbocycles. The Labute approximate surface area is 151 Å². The summed E-state index contributed by atoms with van der Waals surface area (Å²) in [6, 6.07) is 7.72. The predicted molar refractivity (Wildman–Crippen MR) is 98.8 cm³/mol. The van der Waals surface area contributed by atoms with Crippen LogP contribution in [-0.2, 0) is 13.6 Å². The first-order valence-corrected chi connectivity index (χ1v) is 8.32. The zero-order valence-corrected chi connectivity index (χ0v) is 15.2. The van der Waals surface area contributed by atoms with Crippen LogP contribution in [0.25, 0.3) is 6.08 Å². The van der Waals surface area contributed by atoms with Crippen molar-refractivity contribution in [2.45, 2.75) is 20.4 Å². The molecule has 0 spiro atoms. The van der Waals surface area contributed by atoms with Crippen LogP contribution in [0.4, 0.5) is 0 Å². The molecule has 3 rings (SSSR count). The van der Waals surface area contributed by atoms with Crippen molar-refractivity contribution < 1.29 is 4.79 Å². The van der Waals surface area contributed by atoms with Crippen molar-refractivity contribution in [1.82, 2.24) is 19.6 Å². The molecule has 0 saturated carbocycles. The number of halogens is 1. The summed E-state index contributed by atoms with van der Waals surface area (Å²) in [5.41, 5.74) is 4.39. The van der Waals surface area contributed by atoms with Crippen LogP contribution in [0.2, 0.25) is 5.02 Å². The predicted octanol–water partition coefficient (Wildman–Crippen LogP) is 3.83. The molecule has 0 N–H and O–H groups in total. The van der Waals surface area contributed by atoms with Crippen molar-refractivity contribution in [3.05, 3.63) is 75.8 Å². The first-order chi connectivity index (χ1) is 12.0. The summed E-state index contributed by atoms with van der Waals surface area (Å²) in [5.74, 6) is -0.0780. The Morgan fingerprint density at radius 1 is 1.28 bits per heavy atom. The molecular weight excluding hydrogens is 336 g/mol. The van der Waals surface area contributed by atoms with Crippen LogP contribution in [0.15, 0.2) is 42.7 Å². The minimum atomic E-state index is -0.0780. The fraction of sp³-hybridized carbons (Fsp3) is 0.211. The van der Waals surface area contributed by atoms with E-state index in [1.165, 1.54) is 0 Å². The van der Waals surface area contributed by atoms with E-state index in [1.807, 2.05) is 48.9 Å². The second-order valence-corrected chi connectivity index (χ2v) is 6.34. The average molecular weight is 355 g/mol. The van der Waals surface area contributed by atoms with E-state index in [1.54, 1.807) is 30.2 Å². The van der Waals surface area contributed by atoms with E-state index in [4.69, 9.17) is 11.6 Å². The molecule has 5 nitrogen and oxygen atoms in total. The lowest BCUT2D eigenvalue weighted by Gasteiger charge is -2.06. The third-order valence-electron chi connectivity index (χ3n) is 4.11. The van der Waals surface area contributed by atoms with Gasteiger partial charge in [0.15, 0.2) is 5.78 Å². The first kappa shape index (κ1) is 17.2. The Morgan fingerprint density at radius 3 is 2.72 bits per heavy atom. The molecule has 2 heterocycles. The maximum atomic E-state index is 12.2. The lowest BCUT2D eigenvalue weighted by Crippen LogP contribution is -2.04. The summed E-state index contributed by atoms with van der Waals surface area (Å²) in [7, 11) is 1.79. The normalized spacial score (nSPS) is 11.4. The number of rotatable bonds is 5. The molecule has 0 aliphatic rings. The molecule has 0 bridgehead atoms. The van der Waals surface area contributed by atoms with Crippen molar-refractivity contribution in [3.63, 3.8) is 0 Å². The third kappa shape index (κ3) is 3.72. The van der Waals surface area contributed by atoms with E-state index in [-0.39, 0.29) is 5.78 Å². The molecule has 0 unspecified atom stereocenters. The van der Waals surface area contributed by atoms with E-state index >= 15 is 0 Å². The number of aromatic nitrogens is 4. The minimum Gasteiger partial charge on any atom is -0.289 e. The number of hydrogen-bond donors (Lipinski definition) is 0. The van der Waals surface area contributed by atoms with Gasteiger partial charge in [0.1, 0.15) is 0 Å². The van der Waals surface area contributed by atoms with Gasteiger partial charge < -0.3 is 0 Å². The zero-order valence-electron chi connectivity index (χ0n) is 14.4. The molecule has 6 heteroatoms. The van der Waals surface area contributed by atoms with E-state index in [0.29, 0.717) is 12.1 Å². The zero-order chi connectivity index (χ0) is 18.0. The molecule has 0 amide bonds. The van der Waals surface area contributed by atoms with Gasteiger partial charge in [-0.25, -0.2) is 0 Å². The summed E-state index contributed by atoms with van der Waals surface area (Å²) in [6.45, 7) is 4.52. The minimum absolute atomic E-state index is 0.0780. The highest BCUT2D eigenvalue weighted by molar-refractivity contribution is 6.31. The third-order valence-corrected chi connectivity index (χ3v) is 4.47. The summed E-state index contributed by atoms with van der Waals surface area (Å²) in [4.78, 5) is 12.2. The number of hydrogen-bond acceptors (Lipinski definition) is 3. The SMILES string of the molecule is Cc1nn(Cc2ccccc2Cl)c(C)c1C=CC(=O)c1cnn(C)c1. The Balaban J connectivity index is 1.83. The topological polar surface area (TPSA) is 52.7 Å². The van der Waals surface area contributed by atoms with E-state index < -0.39 is 0 Å². The molecular formula is C19H19ClN4O. The number of nitrogens with zero attached hydrogens (tertiary/aromatic N) is 4. The summed E-state index contributed by atoms with van der Waals surface area (Å²) in [6.07, 6.45) is 6.64. The maximum Gasteiger partial charge on any atom is 0.189 e. The molecule has 3 aromatic rings. The van der Waals surface area contributed by atoms with Crippen LogP contribution in [-0.4, -0.2) is 25.3 Å². The number of carbonyl (C=O) groups excluding carboxylic acids is 1. The Bertz CT molecular complexity index is 952. The van der Waals surface area contributed by atoms with Crippen molar-refractivity contribution in [2.24, 2.45) is 7.05 Å². The fourth-order valence-corrected chi connectivity index (χ4v) is 2.89. The van der Waals surface area contributed by atoms with Crippen LogP contribution >= 0.6 is 11.6 Å². The smallest absolute Gasteiger partial charge is 0.189 e. The van der Waals surface area contributed by atoms with E-state index in [0.717, 1.165) is 27.5 Å². The van der Waals surface area contributed by atoms with Gasteiger partial charge in [-0.2, -0.15) is 10.2 Å². The van der Waals surface area contributed by atoms with Gasteiger partial charge in [-0.15, -0.1) is 0 Å². The van der Waals surface area contributed by atoms with Crippen molar-refractivity contribution >= 4 is 23.5 Å². The maximum absolute atomic E-state index is 12.2. The van der Waals surface area contributed by atoms with Gasteiger partial charge in [-0.05, 0) is 37.6 Å². The Kier molecular flexibility index (Phi) is 4.86. The second-order valence-electron chi connectivity index (χ2n) is 5.93. The summed E-state index contributed by atoms with van der Waals surface area (Å²) < 4.78 is 3.52.